The molecule has 1 heterocycles. The van der Waals surface area contributed by atoms with E-state index in [1.807, 2.05) is 24.3 Å². The molecule has 0 spiro atoms. The van der Waals surface area contributed by atoms with Crippen molar-refractivity contribution in [2.45, 2.75) is 63.5 Å². The third-order valence-electron chi connectivity index (χ3n) is 12.2. The van der Waals surface area contributed by atoms with Gasteiger partial charge in [-0.3, -0.25) is 4.99 Å². The molecular formula is C43H48N4O7. The summed E-state index contributed by atoms with van der Waals surface area (Å²) in [6.07, 6.45) is 7.98. The highest BCUT2D eigenvalue weighted by Crippen LogP contribution is 2.65. The molecule has 0 radical (unpaired) electrons. The molecule has 0 saturated heterocycles. The summed E-state index contributed by atoms with van der Waals surface area (Å²) in [6.45, 7) is 4.98. The lowest BCUT2D eigenvalue weighted by Gasteiger charge is -2.54. The second-order valence-electron chi connectivity index (χ2n) is 15.2. The Labute approximate surface area is 314 Å². The van der Waals surface area contributed by atoms with E-state index in [1.54, 1.807) is 35.1 Å². The number of aryl methyl sites for hydroxylation is 1. The van der Waals surface area contributed by atoms with Gasteiger partial charge in [-0.15, -0.1) is 5.10 Å². The number of benzene rings is 4. The van der Waals surface area contributed by atoms with Crippen molar-refractivity contribution in [2.24, 2.45) is 22.2 Å². The van der Waals surface area contributed by atoms with Crippen molar-refractivity contribution in [1.82, 2.24) is 15.0 Å². The standard InChI is InChI=1S/C43H48N4O7/c1-43-24-36(41-32-13-9-30(48)22-28(32)8-12-35(41)37(43)14-15-40(43)50)27-6-10-31(11-7-27)54-21-20-53-19-18-52-17-16-47-26-29(45-46-47)25-44-38-23-39(49)33-4-2-3-5-34(33)42(38)51/h2-7,9-11,13,22-23,25-26,35-37,40-41,48-51H,8,12,14-21,24H2,1H3/t35-,36+,37-,40-,41+,43-/m0/s1. The summed E-state index contributed by atoms with van der Waals surface area (Å²) in [4.78, 5) is 4.30. The average Bonchev–Trinajstić information content (AvgIpc) is 3.77. The van der Waals surface area contributed by atoms with E-state index in [0.29, 0.717) is 79.5 Å². The van der Waals surface area contributed by atoms with Crippen LogP contribution in [0.5, 0.6) is 23.0 Å². The molecule has 4 aromatic carbocycles. The lowest BCUT2D eigenvalue weighted by Crippen LogP contribution is -2.47. The highest BCUT2D eigenvalue weighted by molar-refractivity contribution is 5.97. The van der Waals surface area contributed by atoms with E-state index in [0.717, 1.165) is 37.9 Å². The van der Waals surface area contributed by atoms with E-state index in [1.165, 1.54) is 29.0 Å². The van der Waals surface area contributed by atoms with E-state index < -0.39 is 0 Å². The number of aliphatic hydroxyl groups is 1. The molecule has 11 nitrogen and oxygen atoms in total. The third kappa shape index (κ3) is 7.15. The normalized spacial score (nSPS) is 24.7. The molecule has 1 aromatic heterocycles. The number of hydrogen-bond donors (Lipinski definition) is 4. The van der Waals surface area contributed by atoms with Crippen molar-refractivity contribution in [2.75, 3.05) is 33.0 Å². The van der Waals surface area contributed by atoms with Gasteiger partial charge in [-0.2, -0.15) is 0 Å². The summed E-state index contributed by atoms with van der Waals surface area (Å²) >= 11 is 0. The zero-order chi connectivity index (χ0) is 37.2. The van der Waals surface area contributed by atoms with Crippen molar-refractivity contribution in [3.8, 4) is 23.0 Å². The van der Waals surface area contributed by atoms with Gasteiger partial charge in [-0.25, -0.2) is 4.68 Å². The van der Waals surface area contributed by atoms with E-state index >= 15 is 0 Å². The topological polar surface area (TPSA) is 152 Å². The summed E-state index contributed by atoms with van der Waals surface area (Å²) in [5.74, 6) is 2.89. The van der Waals surface area contributed by atoms with Crippen LogP contribution in [-0.2, 0) is 22.4 Å². The van der Waals surface area contributed by atoms with Gasteiger partial charge < -0.3 is 34.6 Å². The lowest BCUT2D eigenvalue weighted by molar-refractivity contribution is -0.0323. The van der Waals surface area contributed by atoms with Gasteiger partial charge in [0, 0.05) is 16.8 Å². The van der Waals surface area contributed by atoms with Crippen LogP contribution in [0.4, 0.5) is 5.69 Å². The van der Waals surface area contributed by atoms with Crippen LogP contribution in [0.15, 0.2) is 84.0 Å². The Morgan fingerprint density at radius 3 is 2.50 bits per heavy atom. The Kier molecular flexibility index (Phi) is 10.3. The van der Waals surface area contributed by atoms with Gasteiger partial charge in [-0.05, 0) is 102 Å². The number of hydrogen-bond acceptors (Lipinski definition) is 10. The zero-order valence-corrected chi connectivity index (χ0v) is 30.6. The number of ether oxygens (including phenoxy) is 3. The van der Waals surface area contributed by atoms with Crippen molar-refractivity contribution in [3.05, 3.63) is 101 Å². The number of phenolic OH excluding ortho intramolecular Hbond substituents is 3. The van der Waals surface area contributed by atoms with Gasteiger partial charge in [-0.1, -0.05) is 54.6 Å². The highest BCUT2D eigenvalue weighted by Gasteiger charge is 2.57. The summed E-state index contributed by atoms with van der Waals surface area (Å²) in [5.41, 5.74) is 4.59. The van der Waals surface area contributed by atoms with Crippen LogP contribution in [-0.4, -0.2) is 80.8 Å². The van der Waals surface area contributed by atoms with Crippen LogP contribution in [0.3, 0.4) is 0 Å². The first-order chi connectivity index (χ1) is 26.3. The molecule has 0 unspecified atom stereocenters. The van der Waals surface area contributed by atoms with Crippen molar-refractivity contribution in [1.29, 1.82) is 0 Å². The number of aromatic hydroxyl groups is 3. The van der Waals surface area contributed by atoms with Crippen molar-refractivity contribution < 1.29 is 34.6 Å². The highest BCUT2D eigenvalue weighted by atomic mass is 16.5. The number of aliphatic imine (C=N–C) groups is 1. The molecule has 3 aliphatic carbocycles. The molecule has 4 N–H and O–H groups in total. The summed E-state index contributed by atoms with van der Waals surface area (Å²) in [6, 6.07) is 22.9. The van der Waals surface area contributed by atoms with Crippen LogP contribution >= 0.6 is 0 Å². The molecule has 5 aromatic rings. The number of aliphatic hydroxyl groups excluding tert-OH is 1. The number of phenols is 3. The first kappa shape index (κ1) is 36.0. The van der Waals surface area contributed by atoms with Gasteiger partial charge in [0.2, 0.25) is 0 Å². The molecule has 2 fully saturated rings. The Morgan fingerprint density at radius 2 is 1.67 bits per heavy atom. The molecule has 0 aliphatic heterocycles. The zero-order valence-electron chi connectivity index (χ0n) is 30.6. The Bertz CT molecular complexity index is 2120. The van der Waals surface area contributed by atoms with Gasteiger partial charge in [0.1, 0.15) is 41.0 Å². The van der Waals surface area contributed by atoms with Gasteiger partial charge in [0.15, 0.2) is 0 Å². The van der Waals surface area contributed by atoms with Gasteiger partial charge in [0.05, 0.1) is 51.5 Å². The van der Waals surface area contributed by atoms with Crippen LogP contribution in [0.1, 0.15) is 66.8 Å². The maximum Gasteiger partial charge on any atom is 0.149 e. The predicted octanol–water partition coefficient (Wildman–Crippen LogP) is 7.02. The van der Waals surface area contributed by atoms with E-state index in [9.17, 15) is 20.4 Å². The van der Waals surface area contributed by atoms with Gasteiger partial charge in [0.25, 0.3) is 0 Å². The van der Waals surface area contributed by atoms with Crippen LogP contribution < -0.4 is 4.74 Å². The number of nitrogens with zero attached hydrogens (tertiary/aromatic N) is 4. The Hall–Kier alpha value is -4.97. The van der Waals surface area contributed by atoms with Crippen LogP contribution in [0, 0.1) is 17.3 Å². The predicted molar refractivity (Wildman–Crippen MR) is 205 cm³/mol. The minimum Gasteiger partial charge on any atom is -0.508 e. The van der Waals surface area contributed by atoms with Crippen LogP contribution in [0.2, 0.25) is 0 Å². The minimum atomic E-state index is -0.259. The summed E-state index contributed by atoms with van der Waals surface area (Å²) in [7, 11) is 0. The molecule has 11 heteroatoms. The fourth-order valence-corrected chi connectivity index (χ4v) is 9.55. The first-order valence-corrected chi connectivity index (χ1v) is 19.0. The summed E-state index contributed by atoms with van der Waals surface area (Å²) < 4.78 is 19.1. The third-order valence-corrected chi connectivity index (χ3v) is 12.2. The molecule has 282 valence electrons. The lowest BCUT2D eigenvalue weighted by atomic mass is 9.51. The molecule has 54 heavy (non-hydrogen) atoms. The van der Waals surface area contributed by atoms with Crippen LogP contribution in [0.25, 0.3) is 10.8 Å². The van der Waals surface area contributed by atoms with Gasteiger partial charge >= 0.3 is 0 Å². The molecule has 0 bridgehead atoms. The Morgan fingerprint density at radius 1 is 0.889 bits per heavy atom. The van der Waals surface area contributed by atoms with E-state index in [4.69, 9.17) is 14.2 Å². The number of fused-ring (bicyclic) bond motifs is 6. The maximum atomic E-state index is 11.2. The van der Waals surface area contributed by atoms with Crippen molar-refractivity contribution >= 4 is 22.7 Å². The fourth-order valence-electron chi connectivity index (χ4n) is 9.55. The molecule has 8 rings (SSSR count). The average molecular weight is 733 g/mol. The first-order valence-electron chi connectivity index (χ1n) is 19.0. The number of aromatic nitrogens is 3. The number of rotatable bonds is 13. The second kappa shape index (κ2) is 15.4. The SMILES string of the molecule is C[C@]12C[C@H](c3ccc(OCCOCCOCCn4cc(C=Nc5cc(O)c6ccccc6c5O)nn4)cc3)[C@@H]3c4ccc(O)cc4CC[C@H]3[C@@H]1CC[C@@H]2O. The monoisotopic (exact) mass is 732 g/mol. The fraction of sp³-hybridized carbons (Fsp3) is 0.419. The Balaban J connectivity index is 0.770. The molecule has 2 saturated carbocycles. The molecular weight excluding hydrogens is 684 g/mol. The maximum absolute atomic E-state index is 11.2. The van der Waals surface area contributed by atoms with Crippen molar-refractivity contribution in [3.63, 3.8) is 0 Å². The van der Waals surface area contributed by atoms with E-state index in [-0.39, 0.29) is 34.6 Å². The molecule has 3 aliphatic rings. The smallest absolute Gasteiger partial charge is 0.149 e. The quantitative estimate of drug-likeness (QED) is 0.0569. The minimum absolute atomic E-state index is 0.00947. The summed E-state index contributed by atoms with van der Waals surface area (Å²) in [5, 5.41) is 51.5. The second-order valence-corrected chi connectivity index (χ2v) is 15.2. The largest absolute Gasteiger partial charge is 0.508 e. The van der Waals surface area contributed by atoms with E-state index in [2.05, 4.69) is 40.4 Å². The molecule has 0 amide bonds. The molecule has 6 atom stereocenters.